The minimum absolute atomic E-state index is 0.0825. The molecule has 4 rings (SSSR count). The van der Waals surface area contributed by atoms with Crippen LogP contribution in [0.5, 0.6) is 0 Å². The summed E-state index contributed by atoms with van der Waals surface area (Å²) < 4.78 is 0. The molecule has 24 heavy (non-hydrogen) atoms. The zero-order chi connectivity index (χ0) is 16.4. The molecule has 7 heteroatoms. The maximum atomic E-state index is 12.7. The normalized spacial score (nSPS) is 19.9. The molecule has 1 N–H and O–H groups in total. The van der Waals surface area contributed by atoms with Crippen LogP contribution >= 0.6 is 11.3 Å². The van der Waals surface area contributed by atoms with E-state index in [-0.39, 0.29) is 17.9 Å². The van der Waals surface area contributed by atoms with Crippen molar-refractivity contribution in [3.05, 3.63) is 35.2 Å². The highest BCUT2D eigenvalue weighted by atomic mass is 32.1. The minimum Gasteiger partial charge on any atom is -0.355 e. The summed E-state index contributed by atoms with van der Waals surface area (Å²) in [5.41, 5.74) is 0. The molecule has 6 nitrogen and oxygen atoms in total. The number of amides is 1. The van der Waals surface area contributed by atoms with Crippen molar-refractivity contribution >= 4 is 23.1 Å². The van der Waals surface area contributed by atoms with Crippen molar-refractivity contribution < 1.29 is 4.79 Å². The number of thiazole rings is 1. The van der Waals surface area contributed by atoms with E-state index >= 15 is 0 Å². The Labute approximate surface area is 145 Å². The van der Waals surface area contributed by atoms with Crippen molar-refractivity contribution in [2.24, 2.45) is 11.8 Å². The molecule has 1 atom stereocenters. The topological polar surface area (TPSA) is 71.0 Å². The lowest BCUT2D eigenvalue weighted by atomic mass is 9.95. The van der Waals surface area contributed by atoms with Crippen LogP contribution in [0.1, 0.15) is 36.7 Å². The number of nitrogens with zero attached hydrogens (tertiary/aromatic N) is 4. The van der Waals surface area contributed by atoms with Crippen molar-refractivity contribution in [2.45, 2.75) is 31.7 Å². The second kappa shape index (κ2) is 6.84. The second-order valence-corrected chi connectivity index (χ2v) is 7.45. The number of anilines is 1. The molecule has 0 radical (unpaired) electrons. The van der Waals surface area contributed by atoms with Gasteiger partial charge in [-0.05, 0) is 31.6 Å². The Morgan fingerprint density at radius 3 is 2.62 bits per heavy atom. The Morgan fingerprint density at radius 1 is 1.17 bits per heavy atom. The number of piperidine rings is 1. The predicted octanol–water partition coefficient (Wildman–Crippen LogP) is 2.42. The first-order chi connectivity index (χ1) is 11.8. The molecule has 1 aliphatic heterocycles. The van der Waals surface area contributed by atoms with Crippen LogP contribution in [0.2, 0.25) is 0 Å². The third kappa shape index (κ3) is 3.40. The molecule has 3 heterocycles. The van der Waals surface area contributed by atoms with Crippen LogP contribution in [0.3, 0.4) is 0 Å². The number of rotatable bonds is 5. The van der Waals surface area contributed by atoms with Crippen molar-refractivity contribution in [1.82, 2.24) is 20.3 Å². The summed E-state index contributed by atoms with van der Waals surface area (Å²) in [6.45, 7) is 1.70. The summed E-state index contributed by atoms with van der Waals surface area (Å²) in [6.07, 6.45) is 11.1. The number of carbonyl (C=O) groups is 1. The number of nitrogens with one attached hydrogen (secondary N) is 1. The lowest BCUT2D eigenvalue weighted by molar-refractivity contribution is -0.126. The average Bonchev–Trinajstić information content (AvgIpc) is 3.34. The van der Waals surface area contributed by atoms with Crippen LogP contribution in [0.4, 0.5) is 5.82 Å². The number of carbonyl (C=O) groups excluding carboxylic acids is 1. The standard InChI is InChI=1S/C17H21N5OS/c23-16(21-15(12-1-2-12)17-20-7-10-24-17)13-3-8-22(9-4-13)14-11-18-5-6-19-14/h5-7,10-13,15H,1-4,8-9H2,(H,21,23). The van der Waals surface area contributed by atoms with E-state index in [0.29, 0.717) is 5.92 Å². The van der Waals surface area contributed by atoms with Crippen LogP contribution in [0.25, 0.3) is 0 Å². The van der Waals surface area contributed by atoms with E-state index in [1.165, 1.54) is 12.8 Å². The van der Waals surface area contributed by atoms with Crippen LogP contribution < -0.4 is 10.2 Å². The molecular weight excluding hydrogens is 322 g/mol. The quantitative estimate of drug-likeness (QED) is 0.903. The SMILES string of the molecule is O=C(NC(c1nccs1)C1CC1)C1CCN(c2cnccn2)CC1. The predicted molar refractivity (Wildman–Crippen MR) is 92.7 cm³/mol. The van der Waals surface area contributed by atoms with Gasteiger partial charge in [0, 0.05) is 43.0 Å². The fourth-order valence-electron chi connectivity index (χ4n) is 3.30. The lowest BCUT2D eigenvalue weighted by Gasteiger charge is -2.32. The van der Waals surface area contributed by atoms with Crippen molar-refractivity contribution in [3.8, 4) is 0 Å². The van der Waals surface area contributed by atoms with Crippen LogP contribution in [0.15, 0.2) is 30.2 Å². The van der Waals surface area contributed by atoms with Gasteiger partial charge in [0.2, 0.25) is 5.91 Å². The van der Waals surface area contributed by atoms with Gasteiger partial charge < -0.3 is 10.2 Å². The molecule has 0 spiro atoms. The summed E-state index contributed by atoms with van der Waals surface area (Å²) in [5, 5.41) is 6.29. The number of hydrogen-bond acceptors (Lipinski definition) is 6. The molecule has 126 valence electrons. The summed E-state index contributed by atoms with van der Waals surface area (Å²) in [4.78, 5) is 27.8. The van der Waals surface area contributed by atoms with E-state index in [2.05, 4.69) is 25.2 Å². The van der Waals surface area contributed by atoms with Crippen LogP contribution in [-0.2, 0) is 4.79 Å². The Hall–Kier alpha value is -2.02. The molecule has 2 aromatic heterocycles. The first-order valence-corrected chi connectivity index (χ1v) is 9.40. The van der Waals surface area contributed by atoms with E-state index in [9.17, 15) is 4.79 Å². The molecule has 2 aromatic rings. The molecular formula is C17H21N5OS. The third-order valence-corrected chi connectivity index (χ3v) is 5.71. The van der Waals surface area contributed by atoms with Gasteiger partial charge in [-0.25, -0.2) is 9.97 Å². The monoisotopic (exact) mass is 343 g/mol. The maximum Gasteiger partial charge on any atom is 0.223 e. The van der Waals surface area contributed by atoms with Gasteiger partial charge in [0.05, 0.1) is 12.2 Å². The largest absolute Gasteiger partial charge is 0.355 e. The second-order valence-electron chi connectivity index (χ2n) is 6.52. The van der Waals surface area contributed by atoms with Gasteiger partial charge >= 0.3 is 0 Å². The fraction of sp³-hybridized carbons (Fsp3) is 0.529. The van der Waals surface area contributed by atoms with Gasteiger partial charge in [-0.2, -0.15) is 0 Å². The highest BCUT2D eigenvalue weighted by Crippen LogP contribution is 2.41. The Bertz CT molecular complexity index is 666. The smallest absolute Gasteiger partial charge is 0.223 e. The average molecular weight is 343 g/mol. The van der Waals surface area contributed by atoms with E-state index in [1.54, 1.807) is 29.9 Å². The van der Waals surface area contributed by atoms with E-state index in [4.69, 9.17) is 0 Å². The summed E-state index contributed by atoms with van der Waals surface area (Å²) in [7, 11) is 0. The van der Waals surface area contributed by atoms with Gasteiger partial charge in [-0.15, -0.1) is 11.3 Å². The molecule has 2 aliphatic rings. The molecule has 1 amide bonds. The molecule has 2 fully saturated rings. The molecule has 1 unspecified atom stereocenters. The van der Waals surface area contributed by atoms with Gasteiger partial charge in [0.25, 0.3) is 0 Å². The van der Waals surface area contributed by atoms with E-state index in [0.717, 1.165) is 36.8 Å². The van der Waals surface area contributed by atoms with Crippen molar-refractivity contribution in [1.29, 1.82) is 0 Å². The summed E-state index contributed by atoms with van der Waals surface area (Å²) in [5.74, 6) is 1.73. The zero-order valence-electron chi connectivity index (χ0n) is 13.5. The van der Waals surface area contributed by atoms with Crippen molar-refractivity contribution in [3.63, 3.8) is 0 Å². The van der Waals surface area contributed by atoms with Crippen LogP contribution in [0, 0.1) is 11.8 Å². The third-order valence-electron chi connectivity index (χ3n) is 4.85. The fourth-order valence-corrected chi connectivity index (χ4v) is 4.08. The lowest BCUT2D eigenvalue weighted by Crippen LogP contribution is -2.42. The summed E-state index contributed by atoms with van der Waals surface area (Å²) >= 11 is 1.64. The Balaban J connectivity index is 1.34. The highest BCUT2D eigenvalue weighted by molar-refractivity contribution is 7.09. The number of hydrogen-bond donors (Lipinski definition) is 1. The molecule has 0 aromatic carbocycles. The highest BCUT2D eigenvalue weighted by Gasteiger charge is 2.36. The minimum atomic E-state index is 0.0825. The maximum absolute atomic E-state index is 12.7. The van der Waals surface area contributed by atoms with Crippen LogP contribution in [-0.4, -0.2) is 33.9 Å². The zero-order valence-corrected chi connectivity index (χ0v) is 14.3. The molecule has 0 bridgehead atoms. The van der Waals surface area contributed by atoms with E-state index < -0.39 is 0 Å². The first kappa shape index (κ1) is 15.5. The van der Waals surface area contributed by atoms with Gasteiger partial charge in [0.1, 0.15) is 10.8 Å². The van der Waals surface area contributed by atoms with E-state index in [1.807, 2.05) is 11.6 Å². The Morgan fingerprint density at radius 2 is 2.00 bits per heavy atom. The number of aromatic nitrogens is 3. The molecule has 1 saturated carbocycles. The van der Waals surface area contributed by atoms with Crippen molar-refractivity contribution in [2.75, 3.05) is 18.0 Å². The molecule has 1 aliphatic carbocycles. The molecule has 1 saturated heterocycles. The first-order valence-electron chi connectivity index (χ1n) is 8.52. The summed E-state index contributed by atoms with van der Waals surface area (Å²) in [6, 6.07) is 0.107. The Kier molecular flexibility index (Phi) is 4.42. The van der Waals surface area contributed by atoms with Gasteiger partial charge in [-0.1, -0.05) is 0 Å². The van der Waals surface area contributed by atoms with Gasteiger partial charge in [-0.3, -0.25) is 9.78 Å². The van der Waals surface area contributed by atoms with Gasteiger partial charge in [0.15, 0.2) is 0 Å².